The van der Waals surface area contributed by atoms with E-state index in [-0.39, 0.29) is 19.6 Å². The van der Waals surface area contributed by atoms with Crippen molar-refractivity contribution in [2.75, 3.05) is 6.54 Å². The van der Waals surface area contributed by atoms with Gasteiger partial charge in [0.05, 0.1) is 11.8 Å². The highest BCUT2D eigenvalue weighted by Gasteiger charge is 2.22. The molecule has 1 amide bonds. The van der Waals surface area contributed by atoms with Gasteiger partial charge in [0.1, 0.15) is 12.7 Å². The number of rotatable bonds is 8. The topological polar surface area (TPSA) is 107 Å². The van der Waals surface area contributed by atoms with E-state index in [0.29, 0.717) is 5.56 Å². The van der Waals surface area contributed by atoms with Gasteiger partial charge in [-0.1, -0.05) is 54.6 Å². The number of amides is 1. The molecule has 0 saturated carbocycles. The van der Waals surface area contributed by atoms with Gasteiger partial charge < -0.3 is 20.3 Å². The van der Waals surface area contributed by atoms with Gasteiger partial charge in [0.2, 0.25) is 0 Å². The van der Waals surface area contributed by atoms with Gasteiger partial charge in [0.15, 0.2) is 0 Å². The molecule has 28 heavy (non-hydrogen) atoms. The first-order chi connectivity index (χ1) is 13.6. The lowest BCUT2D eigenvalue weighted by Gasteiger charge is -2.20. The highest BCUT2D eigenvalue weighted by molar-refractivity contribution is 5.67. The number of nitrogens with zero attached hydrogens (tertiary/aromatic N) is 1. The molecule has 3 aromatic rings. The number of H-pyrrole nitrogens is 1. The fourth-order valence-corrected chi connectivity index (χ4v) is 2.87. The lowest BCUT2D eigenvalue weighted by atomic mass is 9.95. The predicted molar refractivity (Wildman–Crippen MR) is 104 cm³/mol. The van der Waals surface area contributed by atoms with Gasteiger partial charge in [-0.05, 0) is 23.6 Å². The molecule has 0 fully saturated rings. The Morgan fingerprint density at radius 3 is 2.57 bits per heavy atom. The molecule has 7 heteroatoms. The van der Waals surface area contributed by atoms with Gasteiger partial charge in [-0.3, -0.25) is 5.10 Å². The quantitative estimate of drug-likeness (QED) is 0.480. The molecule has 0 aliphatic rings. The van der Waals surface area contributed by atoms with Gasteiger partial charge in [0, 0.05) is 18.3 Å². The standard InChI is InChI=1S/C21H23N3O4/c25-19(11-12-22-21(27)28-14-15-6-2-1-3-7-15)20(26)17-9-5-4-8-16(17)18-10-13-23-24-18/h1-10,13,19-20,25-26H,11-12,14H2,(H,22,27)(H,23,24). The summed E-state index contributed by atoms with van der Waals surface area (Å²) in [7, 11) is 0. The van der Waals surface area contributed by atoms with Crippen molar-refractivity contribution in [1.29, 1.82) is 0 Å². The Balaban J connectivity index is 1.49. The lowest BCUT2D eigenvalue weighted by Crippen LogP contribution is -2.30. The van der Waals surface area contributed by atoms with E-state index in [2.05, 4.69) is 15.5 Å². The first-order valence-electron chi connectivity index (χ1n) is 9.04. The molecule has 0 bridgehead atoms. The Labute approximate surface area is 163 Å². The summed E-state index contributed by atoms with van der Waals surface area (Å²) in [4.78, 5) is 11.8. The molecule has 1 heterocycles. The van der Waals surface area contributed by atoms with Crippen molar-refractivity contribution in [1.82, 2.24) is 15.5 Å². The minimum absolute atomic E-state index is 0.176. The van der Waals surface area contributed by atoms with Crippen LogP contribution in [0, 0.1) is 0 Å². The summed E-state index contributed by atoms with van der Waals surface area (Å²) in [5.74, 6) is 0. The average molecular weight is 381 g/mol. The van der Waals surface area contributed by atoms with Crippen LogP contribution in [0.25, 0.3) is 11.3 Å². The number of carbonyl (C=O) groups excluding carboxylic acids is 1. The van der Waals surface area contributed by atoms with E-state index in [9.17, 15) is 15.0 Å². The highest BCUT2D eigenvalue weighted by atomic mass is 16.5. The van der Waals surface area contributed by atoms with Crippen LogP contribution >= 0.6 is 0 Å². The van der Waals surface area contributed by atoms with E-state index in [1.54, 1.807) is 24.4 Å². The normalized spacial score (nSPS) is 12.9. The number of benzene rings is 2. The fourth-order valence-electron chi connectivity index (χ4n) is 2.87. The van der Waals surface area contributed by atoms with Crippen LogP contribution in [0.5, 0.6) is 0 Å². The minimum Gasteiger partial charge on any atom is -0.445 e. The third-order valence-electron chi connectivity index (χ3n) is 4.36. The Hall–Kier alpha value is -3.16. The Kier molecular flexibility index (Phi) is 6.78. The second kappa shape index (κ2) is 9.68. The largest absolute Gasteiger partial charge is 0.445 e. The number of carbonyl (C=O) groups is 1. The van der Waals surface area contributed by atoms with E-state index in [1.807, 2.05) is 42.5 Å². The van der Waals surface area contributed by atoms with Crippen LogP contribution in [-0.4, -0.2) is 39.2 Å². The number of nitrogens with one attached hydrogen (secondary N) is 2. The molecule has 2 atom stereocenters. The molecule has 0 saturated heterocycles. The van der Waals surface area contributed by atoms with Gasteiger partial charge in [-0.2, -0.15) is 5.10 Å². The number of aromatic nitrogens is 2. The van der Waals surface area contributed by atoms with E-state index in [0.717, 1.165) is 16.8 Å². The molecule has 4 N–H and O–H groups in total. The Bertz CT molecular complexity index is 868. The van der Waals surface area contributed by atoms with Crippen molar-refractivity contribution in [2.45, 2.75) is 25.2 Å². The maximum absolute atomic E-state index is 11.8. The van der Waals surface area contributed by atoms with Crippen LogP contribution in [0.1, 0.15) is 23.7 Å². The summed E-state index contributed by atoms with van der Waals surface area (Å²) in [5.41, 5.74) is 3.00. The molecule has 146 valence electrons. The maximum atomic E-state index is 11.8. The van der Waals surface area contributed by atoms with E-state index < -0.39 is 18.3 Å². The summed E-state index contributed by atoms with van der Waals surface area (Å²) in [6, 6.07) is 18.4. The van der Waals surface area contributed by atoms with Crippen LogP contribution in [0.15, 0.2) is 66.9 Å². The fraction of sp³-hybridized carbons (Fsp3) is 0.238. The van der Waals surface area contributed by atoms with Gasteiger partial charge in [-0.15, -0.1) is 0 Å². The monoisotopic (exact) mass is 381 g/mol. The van der Waals surface area contributed by atoms with Crippen molar-refractivity contribution >= 4 is 6.09 Å². The summed E-state index contributed by atoms with van der Waals surface area (Å²) in [6.07, 6.45) is -0.901. The molecule has 0 aliphatic heterocycles. The second-order valence-electron chi connectivity index (χ2n) is 6.35. The molecular weight excluding hydrogens is 358 g/mol. The highest BCUT2D eigenvalue weighted by Crippen LogP contribution is 2.29. The molecule has 0 radical (unpaired) electrons. The van der Waals surface area contributed by atoms with Crippen molar-refractivity contribution in [3.05, 3.63) is 78.0 Å². The molecule has 0 aliphatic carbocycles. The summed E-state index contributed by atoms with van der Waals surface area (Å²) in [6.45, 7) is 0.355. The number of ether oxygens (including phenoxy) is 1. The second-order valence-corrected chi connectivity index (χ2v) is 6.35. The lowest BCUT2D eigenvalue weighted by molar-refractivity contribution is 0.0139. The molecule has 3 rings (SSSR count). The summed E-state index contributed by atoms with van der Waals surface area (Å²) < 4.78 is 5.12. The molecule has 7 nitrogen and oxygen atoms in total. The zero-order valence-corrected chi connectivity index (χ0v) is 15.3. The maximum Gasteiger partial charge on any atom is 0.407 e. The molecule has 1 aromatic heterocycles. The zero-order chi connectivity index (χ0) is 19.8. The van der Waals surface area contributed by atoms with Crippen LogP contribution in [0.3, 0.4) is 0 Å². The van der Waals surface area contributed by atoms with Crippen LogP contribution in [0.4, 0.5) is 4.79 Å². The van der Waals surface area contributed by atoms with Crippen molar-refractivity contribution in [3.8, 4) is 11.3 Å². The molecule has 2 aromatic carbocycles. The third kappa shape index (κ3) is 5.18. The molecule has 0 spiro atoms. The SMILES string of the molecule is O=C(NCCC(O)C(O)c1ccccc1-c1ccn[nH]1)OCc1ccccc1. The number of hydrogen-bond donors (Lipinski definition) is 4. The number of hydrogen-bond acceptors (Lipinski definition) is 5. The van der Waals surface area contributed by atoms with Crippen molar-refractivity contribution in [3.63, 3.8) is 0 Å². The zero-order valence-electron chi connectivity index (χ0n) is 15.3. The average Bonchev–Trinajstić information content (AvgIpc) is 3.27. The van der Waals surface area contributed by atoms with Crippen molar-refractivity contribution in [2.24, 2.45) is 0 Å². The minimum atomic E-state index is -1.10. The first kappa shape index (κ1) is 19.6. The first-order valence-corrected chi connectivity index (χ1v) is 9.04. The van der Waals surface area contributed by atoms with Gasteiger partial charge in [-0.25, -0.2) is 4.79 Å². The Morgan fingerprint density at radius 1 is 1.07 bits per heavy atom. The van der Waals surface area contributed by atoms with E-state index >= 15 is 0 Å². The smallest absolute Gasteiger partial charge is 0.407 e. The van der Waals surface area contributed by atoms with Crippen LogP contribution < -0.4 is 5.32 Å². The van der Waals surface area contributed by atoms with Crippen molar-refractivity contribution < 1.29 is 19.7 Å². The summed E-state index contributed by atoms with van der Waals surface area (Å²) >= 11 is 0. The Morgan fingerprint density at radius 2 is 1.82 bits per heavy atom. The third-order valence-corrected chi connectivity index (χ3v) is 4.36. The predicted octanol–water partition coefficient (Wildman–Crippen LogP) is 2.79. The van der Waals surface area contributed by atoms with E-state index in [4.69, 9.17) is 4.74 Å². The number of aliphatic hydroxyl groups excluding tert-OH is 2. The molecule has 2 unspecified atom stereocenters. The number of aromatic amines is 1. The number of alkyl carbamates (subject to hydrolysis) is 1. The van der Waals surface area contributed by atoms with E-state index in [1.165, 1.54) is 0 Å². The number of aliphatic hydroxyl groups is 2. The van der Waals surface area contributed by atoms with Gasteiger partial charge in [0.25, 0.3) is 0 Å². The molecular formula is C21H23N3O4. The van der Waals surface area contributed by atoms with Crippen LogP contribution in [0.2, 0.25) is 0 Å². The summed E-state index contributed by atoms with van der Waals surface area (Å²) in [5, 5.41) is 30.3. The van der Waals surface area contributed by atoms with Gasteiger partial charge >= 0.3 is 6.09 Å². The van der Waals surface area contributed by atoms with Crippen LogP contribution in [-0.2, 0) is 11.3 Å².